The third-order valence-electron chi connectivity index (χ3n) is 16.2. The number of hydrogen-bond acceptors (Lipinski definition) is 19. The molecule has 0 spiro atoms. The van der Waals surface area contributed by atoms with Gasteiger partial charge in [-0.15, -0.1) is 0 Å². The smallest absolute Gasteiger partial charge is 0.330 e. The highest BCUT2D eigenvalue weighted by Crippen LogP contribution is 2.49. The fraction of sp³-hybridized carbons (Fsp3) is 0.167. The van der Waals surface area contributed by atoms with Crippen molar-refractivity contribution in [3.8, 4) is 80.1 Å². The zero-order valence-corrected chi connectivity index (χ0v) is 50.0. The van der Waals surface area contributed by atoms with Crippen LogP contribution in [-0.2, 0) is 53.1 Å². The van der Waals surface area contributed by atoms with Gasteiger partial charge in [0.2, 0.25) is 41.2 Å². The first-order valence-electron chi connectivity index (χ1n) is 28.8. The van der Waals surface area contributed by atoms with Gasteiger partial charge in [0.1, 0.15) is 82.6 Å². The molecule has 0 fully saturated rings. The van der Waals surface area contributed by atoms with Gasteiger partial charge in [-0.1, -0.05) is 77.8 Å². The zero-order valence-electron chi connectivity index (χ0n) is 48.5. The number of aromatic hydroxyl groups is 6. The molecule has 8 aromatic rings. The number of rotatable bonds is 5. The fourth-order valence-electron chi connectivity index (χ4n) is 11.4. The Labute approximate surface area is 541 Å². The molecule has 480 valence electrons. The normalized spacial score (nSPS) is 21.0. The number of aliphatic hydroxyl groups is 1. The van der Waals surface area contributed by atoms with Gasteiger partial charge in [0.25, 0.3) is 0 Å². The van der Waals surface area contributed by atoms with E-state index in [0.29, 0.717) is 5.56 Å². The van der Waals surface area contributed by atoms with Crippen LogP contribution in [0.3, 0.4) is 0 Å². The third-order valence-corrected chi connectivity index (χ3v) is 16.8. The standard InChI is InChI=1S/C66H54Cl2N8O18/c67-39-14-28-6-12-45(39)93-48-21-33-22-49(59(48)83)94-46-13-9-31(19-40(46)68)57(81)56-65(89)75-55(66(90)91)37-24-44(80)38(26-70-25-27-4-2-1-3-5-27)58(82)50(37)36-18-30(8-10-42(36)78)52(62(86)76-56)73-64(88)54(33)74-63(87)53-32-16-34(77)23-35(17-32)92-47-20-29(7-11-43(47)79)51(69)61(85)71-41(15-28)60(84)72-53/h1-14,16-24,41,51-57,70,77-83H,15,25-26,69H2,(H,71,85)(H,72,84)(H,73,88)(H,74,87)(H,75,89)(H,76,86)(H,90,91)/t41-,51+,52-,53-,54-,55-,56-,57?/m0/s1. The van der Waals surface area contributed by atoms with Crippen molar-refractivity contribution in [2.45, 2.75) is 67.9 Å². The molecule has 28 heteroatoms. The monoisotopic (exact) mass is 1320 g/mol. The predicted molar refractivity (Wildman–Crippen MR) is 332 cm³/mol. The third kappa shape index (κ3) is 12.5. The highest BCUT2D eigenvalue weighted by molar-refractivity contribution is 6.32. The summed E-state index contributed by atoms with van der Waals surface area (Å²) in [7, 11) is 0. The van der Waals surface area contributed by atoms with Gasteiger partial charge in [0.15, 0.2) is 29.0 Å². The molecular formula is C66H54Cl2N8O18. The minimum absolute atomic E-state index is 0.117. The highest BCUT2D eigenvalue weighted by Gasteiger charge is 2.42. The maximum atomic E-state index is 15.9. The maximum Gasteiger partial charge on any atom is 0.330 e. The summed E-state index contributed by atoms with van der Waals surface area (Å²) in [5, 5.41) is 111. The van der Waals surface area contributed by atoms with E-state index in [-0.39, 0.29) is 85.9 Å². The van der Waals surface area contributed by atoms with Crippen LogP contribution in [0.4, 0.5) is 0 Å². The summed E-state index contributed by atoms with van der Waals surface area (Å²) in [4.78, 5) is 104. The Morgan fingerprint density at radius 3 is 1.81 bits per heavy atom. The molecule has 6 aliphatic heterocycles. The summed E-state index contributed by atoms with van der Waals surface area (Å²) in [6, 6.07) is 16.4. The van der Waals surface area contributed by atoms with Crippen LogP contribution in [0.2, 0.25) is 10.0 Å². The van der Waals surface area contributed by atoms with E-state index >= 15 is 14.4 Å². The molecule has 26 nitrogen and oxygen atoms in total. The summed E-state index contributed by atoms with van der Waals surface area (Å²) < 4.78 is 18.5. The van der Waals surface area contributed by atoms with Gasteiger partial charge in [-0.05, 0) is 118 Å². The molecule has 6 amide bonds. The van der Waals surface area contributed by atoms with Crippen molar-refractivity contribution in [1.29, 1.82) is 0 Å². The number of carbonyl (C=O) groups excluding carboxylic acids is 6. The molecule has 8 atom stereocenters. The molecule has 94 heavy (non-hydrogen) atoms. The van der Waals surface area contributed by atoms with E-state index in [1.807, 2.05) is 12.1 Å². The van der Waals surface area contributed by atoms with Crippen LogP contribution in [0.1, 0.15) is 86.4 Å². The molecule has 14 rings (SSSR count). The average molecular weight is 1320 g/mol. The lowest BCUT2D eigenvalue weighted by Crippen LogP contribution is -2.55. The number of phenolic OH excluding ortho intramolecular Hbond substituents is 6. The number of phenols is 6. The second kappa shape index (κ2) is 25.4. The molecule has 6 aliphatic rings. The van der Waals surface area contributed by atoms with Crippen molar-refractivity contribution in [2.24, 2.45) is 5.73 Å². The number of carboxylic acid groups (broad SMARTS) is 1. The molecule has 6 heterocycles. The number of halogens is 2. The summed E-state index contributed by atoms with van der Waals surface area (Å²) in [5.41, 5.74) is 4.97. The molecule has 0 saturated carbocycles. The van der Waals surface area contributed by atoms with Gasteiger partial charge in [-0.25, -0.2) is 4.79 Å². The number of benzene rings is 8. The van der Waals surface area contributed by atoms with Crippen LogP contribution in [0, 0.1) is 0 Å². The van der Waals surface area contributed by atoms with Crippen molar-refractivity contribution < 1.29 is 88.6 Å². The first-order valence-corrected chi connectivity index (χ1v) is 29.5. The quantitative estimate of drug-likeness (QED) is 0.0902. The maximum absolute atomic E-state index is 15.9. The highest BCUT2D eigenvalue weighted by atomic mass is 35.5. The van der Waals surface area contributed by atoms with Gasteiger partial charge >= 0.3 is 5.97 Å². The summed E-state index contributed by atoms with van der Waals surface area (Å²) in [6.07, 6.45) is -2.50. The number of aliphatic carboxylic acids is 1. The SMILES string of the molecule is N[C@H]1C(=O)N[C@H]2Cc3ccc(c(Cl)c3)Oc3cc4cc(c3O)Oc3ccc(cc3Cl)C(O)[C@@H]3NC(=O)[C@@H](NC(=O)[C@H]4NC(=O)[C@@H](NC2=O)c2cc(O)cc(c2)Oc2cc1ccc2O)c1ccc(O)c(c1)-c1c(cc(O)c(CNCc2ccccc2)c1O)[C@@H](C(=O)O)NC3=O. The van der Waals surface area contributed by atoms with E-state index in [1.165, 1.54) is 54.6 Å². The molecule has 1 unspecified atom stereocenters. The Kier molecular flexibility index (Phi) is 17.0. The summed E-state index contributed by atoms with van der Waals surface area (Å²) in [6.45, 7) is -0.0752. The van der Waals surface area contributed by atoms with Crippen LogP contribution in [0.25, 0.3) is 11.1 Å². The fourth-order valence-corrected chi connectivity index (χ4v) is 11.9. The molecule has 0 radical (unpaired) electrons. The number of fused-ring (bicyclic) bond motifs is 14. The molecule has 17 bridgehead atoms. The lowest BCUT2D eigenvalue weighted by Gasteiger charge is -2.31. The Bertz CT molecular complexity index is 4480. The van der Waals surface area contributed by atoms with Crippen molar-refractivity contribution >= 4 is 64.6 Å². The van der Waals surface area contributed by atoms with Gasteiger partial charge < -0.3 is 98.0 Å². The second-order valence-corrected chi connectivity index (χ2v) is 23.3. The van der Waals surface area contributed by atoms with Gasteiger partial charge in [-0.2, -0.15) is 0 Å². The van der Waals surface area contributed by atoms with E-state index in [4.69, 9.17) is 43.1 Å². The minimum atomic E-state index is -2.23. The largest absolute Gasteiger partial charge is 0.508 e. The number of ether oxygens (including phenoxy) is 3. The number of amides is 6. The Balaban J connectivity index is 1.06. The summed E-state index contributed by atoms with van der Waals surface area (Å²) >= 11 is 13.8. The lowest BCUT2D eigenvalue weighted by molar-refractivity contribution is -0.143. The van der Waals surface area contributed by atoms with E-state index in [1.54, 1.807) is 18.2 Å². The number of carbonyl (C=O) groups is 7. The summed E-state index contributed by atoms with van der Waals surface area (Å²) in [5.74, 6) is -15.0. The van der Waals surface area contributed by atoms with Crippen LogP contribution < -0.4 is 57.2 Å². The van der Waals surface area contributed by atoms with E-state index in [0.717, 1.165) is 60.2 Å². The Morgan fingerprint density at radius 2 is 1.13 bits per heavy atom. The minimum Gasteiger partial charge on any atom is -0.508 e. The molecule has 17 N–H and O–H groups in total. The molecule has 0 aromatic heterocycles. The van der Waals surface area contributed by atoms with E-state index < -0.39 is 152 Å². The zero-order chi connectivity index (χ0) is 66.5. The van der Waals surface area contributed by atoms with Crippen molar-refractivity contribution in [2.75, 3.05) is 0 Å². The lowest BCUT2D eigenvalue weighted by atomic mass is 9.88. The van der Waals surface area contributed by atoms with Crippen LogP contribution in [0.15, 0.2) is 140 Å². The Hall–Kier alpha value is -11.3. The van der Waals surface area contributed by atoms with Gasteiger partial charge in [0.05, 0.1) is 15.6 Å². The predicted octanol–water partition coefficient (Wildman–Crippen LogP) is 6.27. The van der Waals surface area contributed by atoms with Crippen LogP contribution in [0.5, 0.6) is 69.0 Å². The number of carboxylic acids is 1. The van der Waals surface area contributed by atoms with Crippen LogP contribution >= 0.6 is 23.2 Å². The molecule has 0 aliphatic carbocycles. The number of hydrogen-bond donors (Lipinski definition) is 16. The van der Waals surface area contributed by atoms with Crippen molar-refractivity contribution in [1.82, 2.24) is 37.2 Å². The Morgan fingerprint density at radius 1 is 0.521 bits per heavy atom. The van der Waals surface area contributed by atoms with Crippen molar-refractivity contribution in [3.05, 3.63) is 200 Å². The topological polar surface area (TPSA) is 419 Å². The van der Waals surface area contributed by atoms with Crippen molar-refractivity contribution in [3.63, 3.8) is 0 Å². The molecule has 8 aromatic carbocycles. The van der Waals surface area contributed by atoms with Crippen LogP contribution in [-0.4, -0.2) is 94.3 Å². The molecular weight excluding hydrogens is 1260 g/mol. The second-order valence-electron chi connectivity index (χ2n) is 22.4. The average Bonchev–Trinajstić information content (AvgIpc) is 0.774. The number of nitrogens with two attached hydrogens (primary N) is 1. The number of aliphatic hydroxyl groups excluding tert-OH is 1. The van der Waals surface area contributed by atoms with Gasteiger partial charge in [0, 0.05) is 42.3 Å². The van der Waals surface area contributed by atoms with E-state index in [9.17, 15) is 60.0 Å². The number of nitrogens with one attached hydrogen (secondary N) is 7. The molecule has 0 saturated heterocycles. The van der Waals surface area contributed by atoms with Gasteiger partial charge in [-0.3, -0.25) is 28.8 Å². The first kappa shape index (κ1) is 62.9. The van der Waals surface area contributed by atoms with E-state index in [2.05, 4.69) is 37.2 Å². The first-order chi connectivity index (χ1) is 45.0.